The van der Waals surface area contributed by atoms with Crippen molar-refractivity contribution in [2.45, 2.75) is 31.6 Å². The van der Waals surface area contributed by atoms with E-state index >= 15 is 0 Å². The van der Waals surface area contributed by atoms with Crippen LogP contribution in [-0.4, -0.2) is 43.0 Å². The first-order valence-corrected chi connectivity index (χ1v) is 9.87. The fourth-order valence-electron chi connectivity index (χ4n) is 2.57. The molecule has 1 N–H and O–H groups in total. The van der Waals surface area contributed by atoms with Crippen LogP contribution in [0, 0.1) is 5.92 Å². The second-order valence-electron chi connectivity index (χ2n) is 5.78. The van der Waals surface area contributed by atoms with Gasteiger partial charge in [-0.25, -0.2) is 17.7 Å². The van der Waals surface area contributed by atoms with Crippen LogP contribution in [0.15, 0.2) is 5.38 Å². The maximum Gasteiger partial charge on any atom is 0.229 e. The van der Waals surface area contributed by atoms with Crippen molar-refractivity contribution in [3.05, 3.63) is 11.1 Å². The van der Waals surface area contributed by atoms with Gasteiger partial charge < -0.3 is 5.32 Å². The van der Waals surface area contributed by atoms with E-state index in [0.717, 1.165) is 5.69 Å². The smallest absolute Gasteiger partial charge is 0.229 e. The molecule has 0 bridgehead atoms. The molecular weight excluding hydrogens is 310 g/mol. The van der Waals surface area contributed by atoms with Crippen LogP contribution in [0.5, 0.6) is 0 Å². The van der Waals surface area contributed by atoms with Gasteiger partial charge in [-0.3, -0.25) is 4.79 Å². The quantitative estimate of drug-likeness (QED) is 0.910. The van der Waals surface area contributed by atoms with Crippen molar-refractivity contribution in [3.8, 4) is 0 Å². The first-order valence-electron chi connectivity index (χ1n) is 7.15. The van der Waals surface area contributed by atoms with Crippen LogP contribution in [0.3, 0.4) is 0 Å². The fourth-order valence-corrected chi connectivity index (χ4v) is 4.24. The summed E-state index contributed by atoms with van der Waals surface area (Å²) in [6, 6.07) is 0. The molecule has 6 nitrogen and oxygen atoms in total. The number of amides is 1. The predicted octanol–water partition coefficient (Wildman–Crippen LogP) is 1.63. The molecule has 0 radical (unpaired) electrons. The monoisotopic (exact) mass is 329 g/mol. The largest absolute Gasteiger partial charge is 0.302 e. The zero-order chi connectivity index (χ0) is 15.0. The van der Waals surface area contributed by atoms with Crippen LogP contribution in [-0.2, 0) is 14.8 Å². The maximum atomic E-state index is 12.2. The summed E-state index contributed by atoms with van der Waals surface area (Å²) >= 11 is 1.47. The Morgan fingerprint density at radius 2 is 2.00 bits per heavy atom. The zero-order valence-electron chi connectivity index (χ0n) is 11.9. The highest BCUT2D eigenvalue weighted by Gasteiger charge is 2.30. The van der Waals surface area contributed by atoms with Crippen LogP contribution < -0.4 is 5.32 Å². The van der Waals surface area contributed by atoms with Gasteiger partial charge in [0, 0.05) is 30.3 Å². The molecular formula is C13H19N3O3S2. The fraction of sp³-hybridized carbons (Fsp3) is 0.692. The Hall–Kier alpha value is -0.990. The molecule has 2 aliphatic rings. The highest BCUT2D eigenvalue weighted by molar-refractivity contribution is 7.88. The van der Waals surface area contributed by atoms with Crippen LogP contribution in [0.25, 0.3) is 0 Å². The molecule has 21 heavy (non-hydrogen) atoms. The average Bonchev–Trinajstić information content (AvgIpc) is 3.19. The summed E-state index contributed by atoms with van der Waals surface area (Å²) in [5.74, 6) is 0.418. The lowest BCUT2D eigenvalue weighted by molar-refractivity contribution is -0.120. The zero-order valence-corrected chi connectivity index (χ0v) is 13.5. The molecule has 1 saturated heterocycles. The number of hydrogen-bond acceptors (Lipinski definition) is 5. The first-order chi connectivity index (χ1) is 9.93. The molecule has 116 valence electrons. The van der Waals surface area contributed by atoms with Crippen molar-refractivity contribution in [3.63, 3.8) is 0 Å². The summed E-state index contributed by atoms with van der Waals surface area (Å²) in [7, 11) is -3.14. The second kappa shape index (κ2) is 5.66. The third-order valence-corrected chi connectivity index (χ3v) is 6.12. The van der Waals surface area contributed by atoms with Crippen LogP contribution in [0.2, 0.25) is 0 Å². The number of sulfonamides is 1. The Bertz CT molecular complexity index is 629. The summed E-state index contributed by atoms with van der Waals surface area (Å²) in [5.41, 5.74) is 1.09. The van der Waals surface area contributed by atoms with E-state index in [4.69, 9.17) is 0 Å². The van der Waals surface area contributed by atoms with Crippen LogP contribution in [0.1, 0.15) is 37.3 Å². The van der Waals surface area contributed by atoms with Crippen LogP contribution in [0.4, 0.5) is 5.13 Å². The van der Waals surface area contributed by atoms with Gasteiger partial charge in [0.15, 0.2) is 5.13 Å². The summed E-state index contributed by atoms with van der Waals surface area (Å²) in [6.07, 6.45) is 4.74. The predicted molar refractivity (Wildman–Crippen MR) is 81.9 cm³/mol. The molecule has 0 unspecified atom stereocenters. The van der Waals surface area contributed by atoms with Crippen molar-refractivity contribution >= 4 is 32.4 Å². The number of rotatable bonds is 4. The number of thiazole rings is 1. The Morgan fingerprint density at radius 3 is 2.57 bits per heavy atom. The second-order valence-corrected chi connectivity index (χ2v) is 8.62. The standard InChI is InChI=1S/C13H19N3O3S2/c1-21(18,19)16-6-4-10(5-7-16)12(17)15-13-14-11(8-20-13)9-2-3-9/h8-10H,2-7H2,1H3,(H,14,15,17). The summed E-state index contributed by atoms with van der Waals surface area (Å²) in [6.45, 7) is 0.838. The van der Waals surface area contributed by atoms with Crippen molar-refractivity contribution in [1.29, 1.82) is 0 Å². The number of nitrogens with zero attached hydrogens (tertiary/aromatic N) is 2. The molecule has 2 heterocycles. The molecule has 1 aliphatic carbocycles. The van der Waals surface area contributed by atoms with E-state index in [-0.39, 0.29) is 11.8 Å². The number of nitrogens with one attached hydrogen (secondary N) is 1. The maximum absolute atomic E-state index is 12.2. The lowest BCUT2D eigenvalue weighted by Gasteiger charge is -2.29. The van der Waals surface area contributed by atoms with E-state index in [0.29, 0.717) is 37.0 Å². The van der Waals surface area contributed by atoms with Gasteiger partial charge in [-0.2, -0.15) is 0 Å². The molecule has 1 aliphatic heterocycles. The van der Waals surface area contributed by atoms with Crippen molar-refractivity contribution in [2.75, 3.05) is 24.7 Å². The number of carbonyl (C=O) groups excluding carboxylic acids is 1. The Balaban J connectivity index is 1.54. The van der Waals surface area contributed by atoms with E-state index < -0.39 is 10.0 Å². The van der Waals surface area contributed by atoms with Gasteiger partial charge in [0.25, 0.3) is 0 Å². The Morgan fingerprint density at radius 1 is 1.33 bits per heavy atom. The molecule has 1 amide bonds. The van der Waals surface area contributed by atoms with Crippen LogP contribution >= 0.6 is 11.3 Å². The van der Waals surface area contributed by atoms with Gasteiger partial charge in [0.1, 0.15) is 0 Å². The molecule has 1 aromatic rings. The highest BCUT2D eigenvalue weighted by atomic mass is 32.2. The number of hydrogen-bond donors (Lipinski definition) is 1. The number of anilines is 1. The van der Waals surface area contributed by atoms with Crippen molar-refractivity contribution in [1.82, 2.24) is 9.29 Å². The van der Waals surface area contributed by atoms with E-state index in [1.807, 2.05) is 5.38 Å². The topological polar surface area (TPSA) is 79.4 Å². The van der Waals surface area contributed by atoms with E-state index in [2.05, 4.69) is 10.3 Å². The first kappa shape index (κ1) is 14.9. The number of carbonyl (C=O) groups is 1. The third-order valence-electron chi connectivity index (χ3n) is 4.04. The molecule has 1 aromatic heterocycles. The van der Waals surface area contributed by atoms with Gasteiger partial charge in [0.05, 0.1) is 11.9 Å². The summed E-state index contributed by atoms with van der Waals surface area (Å²) in [5, 5.41) is 5.54. The SMILES string of the molecule is CS(=O)(=O)N1CCC(C(=O)Nc2nc(C3CC3)cs2)CC1. The summed E-state index contributed by atoms with van der Waals surface area (Å²) < 4.78 is 24.3. The Labute approximate surface area is 128 Å². The van der Waals surface area contributed by atoms with Gasteiger partial charge in [-0.15, -0.1) is 11.3 Å². The average molecular weight is 329 g/mol. The summed E-state index contributed by atoms with van der Waals surface area (Å²) in [4.78, 5) is 16.6. The van der Waals surface area contributed by atoms with Crippen molar-refractivity contribution < 1.29 is 13.2 Å². The van der Waals surface area contributed by atoms with Gasteiger partial charge in [-0.05, 0) is 25.7 Å². The van der Waals surface area contributed by atoms with Gasteiger partial charge >= 0.3 is 0 Å². The molecule has 0 aromatic carbocycles. The van der Waals surface area contributed by atoms with E-state index in [1.54, 1.807) is 0 Å². The van der Waals surface area contributed by atoms with Gasteiger partial charge in [0.2, 0.25) is 15.9 Å². The number of aromatic nitrogens is 1. The minimum absolute atomic E-state index is 0.0418. The number of piperidine rings is 1. The Kier molecular flexibility index (Phi) is 4.02. The molecule has 0 atom stereocenters. The molecule has 0 spiro atoms. The third kappa shape index (κ3) is 3.61. The lowest BCUT2D eigenvalue weighted by atomic mass is 9.97. The van der Waals surface area contributed by atoms with E-state index in [9.17, 15) is 13.2 Å². The normalized spacial score (nSPS) is 21.4. The molecule has 1 saturated carbocycles. The lowest BCUT2D eigenvalue weighted by Crippen LogP contribution is -2.40. The molecule has 8 heteroatoms. The molecule has 2 fully saturated rings. The van der Waals surface area contributed by atoms with Crippen molar-refractivity contribution in [2.24, 2.45) is 5.92 Å². The highest BCUT2D eigenvalue weighted by Crippen LogP contribution is 2.40. The van der Waals surface area contributed by atoms with E-state index in [1.165, 1.54) is 34.7 Å². The molecule has 3 rings (SSSR count). The van der Waals surface area contributed by atoms with Gasteiger partial charge in [-0.1, -0.05) is 0 Å². The minimum Gasteiger partial charge on any atom is -0.302 e. The minimum atomic E-state index is -3.14.